The van der Waals surface area contributed by atoms with Crippen LogP contribution in [0, 0.1) is 0 Å². The molecule has 7 nitrogen and oxygen atoms in total. The smallest absolute Gasteiger partial charge is 0.315 e. The SMILES string of the molecule is C[C@@H]1CCCCN1C(=O)CCNC(=O)N[C@H](C)c1cnn(C)c1. The van der Waals surface area contributed by atoms with Crippen LogP contribution in [0.25, 0.3) is 0 Å². The fourth-order valence-electron chi connectivity index (χ4n) is 2.89. The van der Waals surface area contributed by atoms with Crippen molar-refractivity contribution in [3.05, 3.63) is 18.0 Å². The third kappa shape index (κ3) is 4.97. The number of carbonyl (C=O) groups excluding carboxylic acids is 2. The van der Waals surface area contributed by atoms with E-state index in [9.17, 15) is 9.59 Å². The first kappa shape index (κ1) is 17.3. The van der Waals surface area contributed by atoms with Crippen molar-refractivity contribution in [1.29, 1.82) is 0 Å². The Morgan fingerprint density at radius 1 is 1.43 bits per heavy atom. The van der Waals surface area contributed by atoms with Gasteiger partial charge >= 0.3 is 6.03 Å². The molecule has 1 aromatic rings. The minimum absolute atomic E-state index is 0.123. The van der Waals surface area contributed by atoms with E-state index in [0.29, 0.717) is 19.0 Å². The van der Waals surface area contributed by atoms with Crippen molar-refractivity contribution in [3.8, 4) is 0 Å². The summed E-state index contributed by atoms with van der Waals surface area (Å²) in [6, 6.07) is -0.0713. The lowest BCUT2D eigenvalue weighted by Crippen LogP contribution is -2.44. The summed E-state index contributed by atoms with van der Waals surface area (Å²) in [6.45, 7) is 5.18. The Morgan fingerprint density at radius 3 is 2.87 bits per heavy atom. The summed E-state index contributed by atoms with van der Waals surface area (Å²) in [4.78, 5) is 26.0. The van der Waals surface area contributed by atoms with E-state index in [1.807, 2.05) is 25.1 Å². The summed E-state index contributed by atoms with van der Waals surface area (Å²) in [5, 5.41) is 9.68. The van der Waals surface area contributed by atoms with Crippen molar-refractivity contribution < 1.29 is 9.59 Å². The number of likely N-dealkylation sites (tertiary alicyclic amines) is 1. The van der Waals surface area contributed by atoms with Gasteiger partial charge in [-0.25, -0.2) is 4.79 Å². The van der Waals surface area contributed by atoms with Crippen LogP contribution < -0.4 is 10.6 Å². The lowest BCUT2D eigenvalue weighted by Gasteiger charge is -2.33. The maximum atomic E-state index is 12.2. The summed E-state index contributed by atoms with van der Waals surface area (Å²) >= 11 is 0. The van der Waals surface area contributed by atoms with Gasteiger partial charge in [0, 0.05) is 44.4 Å². The molecule has 1 fully saturated rings. The molecule has 2 rings (SSSR count). The van der Waals surface area contributed by atoms with Crippen LogP contribution in [0.3, 0.4) is 0 Å². The fraction of sp³-hybridized carbons (Fsp3) is 0.688. The van der Waals surface area contributed by atoms with Crippen molar-refractivity contribution in [2.75, 3.05) is 13.1 Å². The van der Waals surface area contributed by atoms with Crippen LogP contribution in [-0.4, -0.2) is 45.8 Å². The van der Waals surface area contributed by atoms with Crippen LogP contribution in [0.1, 0.15) is 51.1 Å². The highest BCUT2D eigenvalue weighted by molar-refractivity contribution is 5.78. The zero-order valence-corrected chi connectivity index (χ0v) is 14.2. The van der Waals surface area contributed by atoms with Crippen LogP contribution in [0.4, 0.5) is 4.79 Å². The lowest BCUT2D eigenvalue weighted by atomic mass is 10.0. The minimum Gasteiger partial charge on any atom is -0.340 e. The van der Waals surface area contributed by atoms with E-state index in [4.69, 9.17) is 0 Å². The van der Waals surface area contributed by atoms with Gasteiger partial charge in [-0.05, 0) is 33.1 Å². The molecular weight excluding hydrogens is 294 g/mol. The van der Waals surface area contributed by atoms with Gasteiger partial charge < -0.3 is 15.5 Å². The average Bonchev–Trinajstić information content (AvgIpc) is 2.94. The lowest BCUT2D eigenvalue weighted by molar-refractivity contribution is -0.134. The summed E-state index contributed by atoms with van der Waals surface area (Å²) in [7, 11) is 1.84. The van der Waals surface area contributed by atoms with Crippen molar-refractivity contribution in [3.63, 3.8) is 0 Å². The molecule has 0 aliphatic carbocycles. The van der Waals surface area contributed by atoms with E-state index in [-0.39, 0.29) is 18.0 Å². The Labute approximate surface area is 137 Å². The number of urea groups is 1. The molecule has 2 heterocycles. The second-order valence-electron chi connectivity index (χ2n) is 6.25. The maximum Gasteiger partial charge on any atom is 0.315 e. The van der Waals surface area contributed by atoms with Gasteiger partial charge in [0.25, 0.3) is 0 Å². The largest absolute Gasteiger partial charge is 0.340 e. The highest BCUT2D eigenvalue weighted by Gasteiger charge is 2.22. The van der Waals surface area contributed by atoms with Crippen LogP contribution in [0.5, 0.6) is 0 Å². The first-order chi connectivity index (χ1) is 11.0. The minimum atomic E-state index is -0.263. The number of carbonyl (C=O) groups is 2. The van der Waals surface area contributed by atoms with Gasteiger partial charge in [-0.3, -0.25) is 9.48 Å². The van der Waals surface area contributed by atoms with E-state index in [2.05, 4.69) is 22.7 Å². The van der Waals surface area contributed by atoms with Crippen molar-refractivity contribution >= 4 is 11.9 Å². The standard InChI is InChI=1S/C16H27N5O2/c1-12-6-4-5-9-21(12)15(22)7-8-17-16(23)19-13(2)14-10-18-20(3)11-14/h10-13H,4-9H2,1-3H3,(H2,17,19,23)/t12-,13-/m1/s1. The second kappa shape index (κ2) is 7.99. The van der Waals surface area contributed by atoms with Gasteiger partial charge in [0.2, 0.25) is 5.91 Å². The van der Waals surface area contributed by atoms with E-state index in [1.165, 1.54) is 6.42 Å². The van der Waals surface area contributed by atoms with E-state index in [0.717, 1.165) is 24.9 Å². The van der Waals surface area contributed by atoms with Crippen molar-refractivity contribution in [2.45, 2.75) is 51.6 Å². The molecule has 1 saturated heterocycles. The molecule has 128 valence electrons. The Bertz CT molecular complexity index is 542. The molecule has 0 aromatic carbocycles. The summed E-state index contributed by atoms with van der Waals surface area (Å²) in [5.41, 5.74) is 0.945. The van der Waals surface area contributed by atoms with Crippen molar-refractivity contribution in [1.82, 2.24) is 25.3 Å². The first-order valence-electron chi connectivity index (χ1n) is 8.29. The number of aryl methyl sites for hydroxylation is 1. The Hall–Kier alpha value is -2.05. The molecule has 2 atom stereocenters. The number of hydrogen-bond donors (Lipinski definition) is 2. The highest BCUT2D eigenvalue weighted by atomic mass is 16.2. The normalized spacial score (nSPS) is 19.3. The number of rotatable bonds is 5. The first-order valence-corrected chi connectivity index (χ1v) is 8.29. The molecule has 0 radical (unpaired) electrons. The molecule has 1 aliphatic rings. The van der Waals surface area contributed by atoms with E-state index < -0.39 is 0 Å². The monoisotopic (exact) mass is 321 g/mol. The summed E-state index contributed by atoms with van der Waals surface area (Å²) in [6.07, 6.45) is 7.28. The Balaban J connectivity index is 1.69. The number of nitrogens with zero attached hydrogens (tertiary/aromatic N) is 3. The maximum absolute atomic E-state index is 12.2. The zero-order chi connectivity index (χ0) is 16.8. The molecule has 0 unspecified atom stereocenters. The van der Waals surface area contributed by atoms with Gasteiger partial charge in [0.15, 0.2) is 0 Å². The quantitative estimate of drug-likeness (QED) is 0.864. The molecule has 0 spiro atoms. The molecule has 2 N–H and O–H groups in total. The van der Waals surface area contributed by atoms with Gasteiger partial charge in [0.05, 0.1) is 12.2 Å². The topological polar surface area (TPSA) is 79.3 Å². The zero-order valence-electron chi connectivity index (χ0n) is 14.2. The molecular formula is C16H27N5O2. The van der Waals surface area contributed by atoms with Crippen LogP contribution in [0.2, 0.25) is 0 Å². The van der Waals surface area contributed by atoms with Crippen LogP contribution in [-0.2, 0) is 11.8 Å². The molecule has 0 saturated carbocycles. The Morgan fingerprint density at radius 2 is 2.22 bits per heavy atom. The van der Waals surface area contributed by atoms with Gasteiger partial charge in [-0.15, -0.1) is 0 Å². The average molecular weight is 321 g/mol. The van der Waals surface area contributed by atoms with Gasteiger partial charge in [0.1, 0.15) is 0 Å². The third-order valence-electron chi connectivity index (χ3n) is 4.32. The van der Waals surface area contributed by atoms with E-state index >= 15 is 0 Å². The predicted molar refractivity (Wildman–Crippen MR) is 87.8 cm³/mol. The summed E-state index contributed by atoms with van der Waals surface area (Å²) in [5.74, 6) is 0.123. The number of aromatic nitrogens is 2. The second-order valence-corrected chi connectivity index (χ2v) is 6.25. The number of piperidine rings is 1. The summed E-state index contributed by atoms with van der Waals surface area (Å²) < 4.78 is 1.70. The number of amides is 3. The van der Waals surface area contributed by atoms with Crippen molar-refractivity contribution in [2.24, 2.45) is 7.05 Å². The molecule has 0 bridgehead atoms. The van der Waals surface area contributed by atoms with E-state index in [1.54, 1.807) is 10.9 Å². The fourth-order valence-corrected chi connectivity index (χ4v) is 2.89. The number of nitrogens with one attached hydrogen (secondary N) is 2. The predicted octanol–water partition coefficient (Wildman–Crippen LogP) is 1.57. The molecule has 23 heavy (non-hydrogen) atoms. The van der Waals surface area contributed by atoms with Crippen LogP contribution >= 0.6 is 0 Å². The highest BCUT2D eigenvalue weighted by Crippen LogP contribution is 2.17. The number of hydrogen-bond acceptors (Lipinski definition) is 3. The van der Waals surface area contributed by atoms with Gasteiger partial charge in [-0.1, -0.05) is 0 Å². The molecule has 1 aliphatic heterocycles. The third-order valence-corrected chi connectivity index (χ3v) is 4.32. The van der Waals surface area contributed by atoms with Gasteiger partial charge in [-0.2, -0.15) is 5.10 Å². The molecule has 1 aromatic heterocycles. The molecule has 3 amide bonds. The molecule has 7 heteroatoms. The Kier molecular flexibility index (Phi) is 6.01. The van der Waals surface area contributed by atoms with Crippen LogP contribution in [0.15, 0.2) is 12.4 Å².